The van der Waals surface area contributed by atoms with Gasteiger partial charge in [0.2, 0.25) is 10.0 Å². The quantitative estimate of drug-likeness (QED) is 0.816. The Morgan fingerprint density at radius 3 is 2.83 bits per heavy atom. The molecule has 7 heteroatoms. The Labute approximate surface area is 111 Å². The third-order valence-corrected chi connectivity index (χ3v) is 5.39. The van der Waals surface area contributed by atoms with E-state index >= 15 is 0 Å². The topological polar surface area (TPSA) is 83.6 Å². The van der Waals surface area contributed by atoms with E-state index in [4.69, 9.17) is 17.3 Å². The van der Waals surface area contributed by atoms with Crippen LogP contribution < -0.4 is 5.73 Å². The summed E-state index contributed by atoms with van der Waals surface area (Å²) in [5, 5.41) is 9.41. The lowest BCUT2D eigenvalue weighted by molar-refractivity contribution is 0.213. The molecular weight excluding hydrogens is 276 g/mol. The molecule has 1 fully saturated rings. The summed E-state index contributed by atoms with van der Waals surface area (Å²) in [5.41, 5.74) is 5.90. The molecule has 100 valence electrons. The molecule has 1 aromatic carbocycles. The Morgan fingerprint density at radius 2 is 2.22 bits per heavy atom. The fourth-order valence-electron chi connectivity index (χ4n) is 2.11. The lowest BCUT2D eigenvalue weighted by atomic mass is 10.2. The van der Waals surface area contributed by atoms with Crippen LogP contribution in [0.15, 0.2) is 23.1 Å². The molecule has 1 atom stereocenters. The van der Waals surface area contributed by atoms with E-state index in [9.17, 15) is 13.5 Å². The second-order valence-corrected chi connectivity index (χ2v) is 6.58. The predicted octanol–water partition coefficient (Wildman–Crippen LogP) is 1.07. The van der Waals surface area contributed by atoms with Crippen molar-refractivity contribution in [1.29, 1.82) is 0 Å². The molecule has 1 unspecified atom stereocenters. The molecule has 0 saturated carbocycles. The van der Waals surface area contributed by atoms with E-state index in [1.54, 1.807) is 0 Å². The number of rotatable bonds is 3. The number of aliphatic hydroxyl groups excluding tert-OH is 1. The molecule has 0 aromatic heterocycles. The van der Waals surface area contributed by atoms with Crippen LogP contribution >= 0.6 is 11.6 Å². The number of halogens is 1. The van der Waals surface area contributed by atoms with Crippen molar-refractivity contribution in [3.8, 4) is 0 Å². The maximum Gasteiger partial charge on any atom is 0.243 e. The number of aliphatic hydroxyl groups is 1. The summed E-state index contributed by atoms with van der Waals surface area (Å²) in [4.78, 5) is 0.113. The van der Waals surface area contributed by atoms with E-state index in [1.807, 2.05) is 0 Å². The summed E-state index contributed by atoms with van der Waals surface area (Å²) < 4.78 is 26.1. The number of nitrogens with two attached hydrogens (primary N) is 1. The average Bonchev–Trinajstić information content (AvgIpc) is 2.81. The van der Waals surface area contributed by atoms with Gasteiger partial charge in [-0.05, 0) is 31.0 Å². The van der Waals surface area contributed by atoms with E-state index in [0.29, 0.717) is 18.7 Å². The summed E-state index contributed by atoms with van der Waals surface area (Å²) in [7, 11) is -3.61. The number of benzene rings is 1. The van der Waals surface area contributed by atoms with Crippen LogP contribution in [0.25, 0.3) is 0 Å². The number of nitrogen functional groups attached to an aromatic ring is 1. The largest absolute Gasteiger partial charge is 0.398 e. The Morgan fingerprint density at radius 1 is 1.50 bits per heavy atom. The van der Waals surface area contributed by atoms with Crippen molar-refractivity contribution < 1.29 is 13.5 Å². The number of nitrogens with zero attached hydrogens (tertiary/aromatic N) is 1. The molecule has 2 rings (SSSR count). The third-order valence-electron chi connectivity index (χ3n) is 3.11. The summed E-state index contributed by atoms with van der Waals surface area (Å²) in [6, 6.07) is 3.91. The van der Waals surface area contributed by atoms with Crippen molar-refractivity contribution in [2.75, 3.05) is 18.9 Å². The molecule has 1 heterocycles. The molecule has 0 spiro atoms. The molecule has 3 N–H and O–H groups in total. The fraction of sp³-hybridized carbons (Fsp3) is 0.455. The Bertz CT molecular complexity index is 547. The minimum Gasteiger partial charge on any atom is -0.398 e. The molecule has 0 radical (unpaired) electrons. The minimum atomic E-state index is -3.61. The second-order valence-electron chi connectivity index (χ2n) is 4.28. The monoisotopic (exact) mass is 290 g/mol. The maximum atomic E-state index is 12.4. The summed E-state index contributed by atoms with van der Waals surface area (Å²) in [6.07, 6.45) is 1.44. The van der Waals surface area contributed by atoms with Crippen molar-refractivity contribution in [3.05, 3.63) is 23.2 Å². The van der Waals surface area contributed by atoms with Gasteiger partial charge in [0.05, 0.1) is 22.2 Å². The van der Waals surface area contributed by atoms with Gasteiger partial charge >= 0.3 is 0 Å². The molecule has 0 amide bonds. The number of hydrogen-bond acceptors (Lipinski definition) is 4. The van der Waals surface area contributed by atoms with Crippen LogP contribution in [-0.2, 0) is 10.0 Å². The van der Waals surface area contributed by atoms with Gasteiger partial charge in [-0.1, -0.05) is 11.6 Å². The molecule has 1 aliphatic rings. The molecule has 1 aliphatic heterocycles. The first-order valence-electron chi connectivity index (χ1n) is 5.64. The fourth-order valence-corrected chi connectivity index (χ4v) is 4.07. The Hall–Kier alpha value is -0.820. The van der Waals surface area contributed by atoms with Crippen LogP contribution in [0.4, 0.5) is 5.69 Å². The van der Waals surface area contributed by atoms with Gasteiger partial charge in [-0.3, -0.25) is 0 Å². The average molecular weight is 291 g/mol. The Kier molecular flexibility index (Phi) is 3.82. The molecule has 0 bridgehead atoms. The third kappa shape index (κ3) is 2.33. The van der Waals surface area contributed by atoms with Crippen LogP contribution in [0.1, 0.15) is 12.8 Å². The van der Waals surface area contributed by atoms with Crippen molar-refractivity contribution in [1.82, 2.24) is 4.31 Å². The van der Waals surface area contributed by atoms with Gasteiger partial charge < -0.3 is 10.8 Å². The van der Waals surface area contributed by atoms with Crippen molar-refractivity contribution >= 4 is 27.3 Å². The predicted molar refractivity (Wildman–Crippen MR) is 69.9 cm³/mol. The highest BCUT2D eigenvalue weighted by Gasteiger charge is 2.34. The summed E-state index contributed by atoms with van der Waals surface area (Å²) in [5.74, 6) is 0. The minimum absolute atomic E-state index is 0.113. The van der Waals surface area contributed by atoms with Gasteiger partial charge in [0.25, 0.3) is 0 Å². The maximum absolute atomic E-state index is 12.4. The molecule has 1 aromatic rings. The van der Waals surface area contributed by atoms with E-state index in [0.717, 1.165) is 6.42 Å². The van der Waals surface area contributed by atoms with Gasteiger partial charge in [-0.15, -0.1) is 0 Å². The number of anilines is 1. The van der Waals surface area contributed by atoms with Gasteiger partial charge in [0.15, 0.2) is 0 Å². The van der Waals surface area contributed by atoms with Gasteiger partial charge in [-0.2, -0.15) is 4.31 Å². The molecule has 0 aliphatic carbocycles. The van der Waals surface area contributed by atoms with Crippen LogP contribution in [0.5, 0.6) is 0 Å². The first-order valence-corrected chi connectivity index (χ1v) is 7.46. The highest BCUT2D eigenvalue weighted by atomic mass is 35.5. The summed E-state index contributed by atoms with van der Waals surface area (Å²) >= 11 is 5.84. The van der Waals surface area contributed by atoms with E-state index in [2.05, 4.69) is 0 Å². The van der Waals surface area contributed by atoms with Crippen LogP contribution in [0, 0.1) is 0 Å². The standard InChI is InChI=1S/C11H15ClN2O3S/c12-10-6-9(3-4-11(10)13)18(16,17)14-5-1-2-8(14)7-15/h3-4,6,8,15H,1-2,5,7,13H2. The van der Waals surface area contributed by atoms with E-state index < -0.39 is 10.0 Å². The molecule has 5 nitrogen and oxygen atoms in total. The summed E-state index contributed by atoms with van der Waals surface area (Å²) in [6.45, 7) is 0.261. The first kappa shape index (κ1) is 13.6. The zero-order valence-electron chi connectivity index (χ0n) is 9.71. The number of hydrogen-bond donors (Lipinski definition) is 2. The van der Waals surface area contributed by atoms with Crippen molar-refractivity contribution in [2.24, 2.45) is 0 Å². The van der Waals surface area contributed by atoms with Gasteiger partial charge in [-0.25, -0.2) is 8.42 Å². The smallest absolute Gasteiger partial charge is 0.243 e. The lowest BCUT2D eigenvalue weighted by Gasteiger charge is -2.22. The highest BCUT2D eigenvalue weighted by Crippen LogP contribution is 2.29. The zero-order valence-corrected chi connectivity index (χ0v) is 11.3. The van der Waals surface area contributed by atoms with Gasteiger partial charge in [0, 0.05) is 12.6 Å². The highest BCUT2D eigenvalue weighted by molar-refractivity contribution is 7.89. The van der Waals surface area contributed by atoms with Crippen LogP contribution in [-0.4, -0.2) is 37.0 Å². The normalized spacial score (nSPS) is 21.3. The second kappa shape index (κ2) is 5.05. The van der Waals surface area contributed by atoms with E-state index in [-0.39, 0.29) is 22.6 Å². The number of sulfonamides is 1. The van der Waals surface area contributed by atoms with Gasteiger partial charge in [0.1, 0.15) is 0 Å². The molecule has 18 heavy (non-hydrogen) atoms. The molecule has 1 saturated heterocycles. The lowest BCUT2D eigenvalue weighted by Crippen LogP contribution is -2.37. The van der Waals surface area contributed by atoms with Crippen molar-refractivity contribution in [3.63, 3.8) is 0 Å². The first-order chi connectivity index (χ1) is 8.46. The van der Waals surface area contributed by atoms with E-state index in [1.165, 1.54) is 22.5 Å². The Balaban J connectivity index is 2.38. The zero-order chi connectivity index (χ0) is 13.3. The van der Waals surface area contributed by atoms with Crippen LogP contribution in [0.3, 0.4) is 0 Å². The van der Waals surface area contributed by atoms with Crippen molar-refractivity contribution in [2.45, 2.75) is 23.8 Å². The molecular formula is C11H15ClN2O3S. The SMILES string of the molecule is Nc1ccc(S(=O)(=O)N2CCCC2CO)cc1Cl. The van der Waals surface area contributed by atoms with Crippen LogP contribution in [0.2, 0.25) is 5.02 Å².